The van der Waals surface area contributed by atoms with Crippen LogP contribution in [0.1, 0.15) is 157 Å². The van der Waals surface area contributed by atoms with Gasteiger partial charge in [-0.15, -0.1) is 0 Å². The van der Waals surface area contributed by atoms with E-state index in [2.05, 4.69) is 18.7 Å². The minimum absolute atomic E-state index is 0.103. The number of nitrogens with zero attached hydrogens (tertiary/aromatic N) is 2. The molecule has 264 valence electrons. The van der Waals surface area contributed by atoms with Crippen molar-refractivity contribution in [3.05, 3.63) is 0 Å². The number of hydrogen-bond acceptors (Lipinski definition) is 8. The minimum Gasteiger partial charge on any atom is -0.462 e. The molecule has 1 rings (SSSR count). The first-order chi connectivity index (χ1) is 21.3. The van der Waals surface area contributed by atoms with E-state index in [1.165, 1.54) is 11.3 Å². The fraction of sp³-hybridized carbons (Fsp3) is 0.914. The van der Waals surface area contributed by atoms with Gasteiger partial charge in [0.1, 0.15) is 11.7 Å². The van der Waals surface area contributed by atoms with Gasteiger partial charge < -0.3 is 19.3 Å². The van der Waals surface area contributed by atoms with Crippen LogP contribution in [-0.4, -0.2) is 85.1 Å². The number of amides is 1. The zero-order chi connectivity index (χ0) is 33.7. The lowest BCUT2D eigenvalue weighted by Gasteiger charge is -2.33. The molecule has 1 fully saturated rings. The second kappa shape index (κ2) is 22.8. The smallest absolute Gasteiger partial charge is 0.339 e. The number of sulfone groups is 1. The molecule has 1 heterocycles. The van der Waals surface area contributed by atoms with Crippen LogP contribution in [0.4, 0.5) is 4.79 Å². The molecular formula is C35H66N2O7S. The van der Waals surface area contributed by atoms with E-state index >= 15 is 0 Å². The Morgan fingerprint density at radius 1 is 0.756 bits per heavy atom. The van der Waals surface area contributed by atoms with Crippen molar-refractivity contribution in [1.82, 2.24) is 9.80 Å². The van der Waals surface area contributed by atoms with Crippen LogP contribution in [0.3, 0.4) is 0 Å². The van der Waals surface area contributed by atoms with Crippen molar-refractivity contribution >= 4 is 27.0 Å². The molecular weight excluding hydrogens is 592 g/mol. The SMILES string of the molecule is CCCCCCCC(CCC(CCCC)N(CCCC(=O)OC(C)(C)C)C(=O)S(=O)(=O)CCCN1CCCC1)OC(=O)CCC. The molecule has 0 aromatic carbocycles. The van der Waals surface area contributed by atoms with Gasteiger partial charge >= 0.3 is 17.2 Å². The Bertz CT molecular complexity index is 942. The van der Waals surface area contributed by atoms with Crippen molar-refractivity contribution in [2.24, 2.45) is 0 Å². The quantitative estimate of drug-likeness (QED) is 0.0762. The fourth-order valence-corrected chi connectivity index (χ4v) is 7.20. The molecule has 0 aromatic rings. The maximum absolute atomic E-state index is 13.8. The van der Waals surface area contributed by atoms with Crippen LogP contribution in [-0.2, 0) is 28.9 Å². The van der Waals surface area contributed by atoms with Gasteiger partial charge in [-0.1, -0.05) is 59.3 Å². The number of carbonyl (C=O) groups is 3. The van der Waals surface area contributed by atoms with Crippen LogP contribution in [0, 0.1) is 0 Å². The molecule has 0 saturated carbocycles. The molecule has 0 aliphatic carbocycles. The van der Waals surface area contributed by atoms with Gasteiger partial charge in [0.2, 0.25) is 9.84 Å². The number of unbranched alkanes of at least 4 members (excludes halogenated alkanes) is 5. The van der Waals surface area contributed by atoms with Crippen molar-refractivity contribution in [2.75, 3.05) is 31.9 Å². The molecule has 10 heteroatoms. The van der Waals surface area contributed by atoms with Gasteiger partial charge in [-0.3, -0.25) is 14.4 Å². The minimum atomic E-state index is -4.03. The van der Waals surface area contributed by atoms with E-state index < -0.39 is 20.7 Å². The molecule has 9 nitrogen and oxygen atoms in total. The van der Waals surface area contributed by atoms with Gasteiger partial charge in [0.05, 0.1) is 5.75 Å². The molecule has 2 atom stereocenters. The Hall–Kier alpha value is -1.68. The number of carbonyl (C=O) groups excluding carboxylic acids is 3. The molecule has 0 spiro atoms. The van der Waals surface area contributed by atoms with E-state index in [0.717, 1.165) is 77.3 Å². The normalized spacial score (nSPS) is 15.5. The monoisotopic (exact) mass is 658 g/mol. The molecule has 0 radical (unpaired) electrons. The maximum atomic E-state index is 13.8. The van der Waals surface area contributed by atoms with Crippen molar-refractivity contribution < 1.29 is 32.3 Å². The van der Waals surface area contributed by atoms with E-state index in [9.17, 15) is 22.8 Å². The molecule has 2 unspecified atom stereocenters. The molecule has 45 heavy (non-hydrogen) atoms. The highest BCUT2D eigenvalue weighted by Crippen LogP contribution is 2.24. The lowest BCUT2D eigenvalue weighted by molar-refractivity contribution is -0.155. The van der Waals surface area contributed by atoms with Gasteiger partial charge in [-0.05, 0) is 105 Å². The molecule has 0 aromatic heterocycles. The summed E-state index contributed by atoms with van der Waals surface area (Å²) in [6, 6.07) is -0.322. The number of ether oxygens (including phenoxy) is 2. The third-order valence-corrected chi connectivity index (χ3v) is 9.91. The van der Waals surface area contributed by atoms with Gasteiger partial charge in [0.25, 0.3) is 0 Å². The highest BCUT2D eigenvalue weighted by Gasteiger charge is 2.33. The molecule has 0 N–H and O–H groups in total. The Kier molecular flexibility index (Phi) is 20.9. The van der Waals surface area contributed by atoms with Crippen LogP contribution < -0.4 is 0 Å². The van der Waals surface area contributed by atoms with E-state index in [1.807, 2.05) is 27.7 Å². The van der Waals surface area contributed by atoms with Crippen LogP contribution in [0.25, 0.3) is 0 Å². The van der Waals surface area contributed by atoms with E-state index in [-0.39, 0.29) is 42.8 Å². The Balaban J connectivity index is 3.10. The summed E-state index contributed by atoms with van der Waals surface area (Å²) >= 11 is 0. The van der Waals surface area contributed by atoms with Crippen molar-refractivity contribution in [3.63, 3.8) is 0 Å². The van der Waals surface area contributed by atoms with E-state index in [0.29, 0.717) is 45.1 Å². The second-order valence-corrected chi connectivity index (χ2v) is 15.8. The summed E-state index contributed by atoms with van der Waals surface area (Å²) in [5, 5.41) is -0.840. The maximum Gasteiger partial charge on any atom is 0.339 e. The summed E-state index contributed by atoms with van der Waals surface area (Å²) in [6.45, 7) is 14.4. The van der Waals surface area contributed by atoms with Crippen LogP contribution in [0.15, 0.2) is 0 Å². The van der Waals surface area contributed by atoms with Crippen molar-refractivity contribution in [1.29, 1.82) is 0 Å². The first kappa shape index (κ1) is 41.3. The summed E-state index contributed by atoms with van der Waals surface area (Å²) in [6.07, 6.45) is 13.8. The third-order valence-electron chi connectivity index (χ3n) is 8.32. The van der Waals surface area contributed by atoms with Gasteiger partial charge in [0, 0.05) is 25.4 Å². The Morgan fingerprint density at radius 3 is 2.04 bits per heavy atom. The van der Waals surface area contributed by atoms with Crippen molar-refractivity contribution in [2.45, 2.75) is 175 Å². The average Bonchev–Trinajstić information content (AvgIpc) is 3.48. The number of rotatable bonds is 24. The summed E-state index contributed by atoms with van der Waals surface area (Å²) in [7, 11) is -4.03. The van der Waals surface area contributed by atoms with Gasteiger partial charge in [0.15, 0.2) is 0 Å². The van der Waals surface area contributed by atoms with Gasteiger partial charge in [-0.2, -0.15) is 0 Å². The predicted octanol–water partition coefficient (Wildman–Crippen LogP) is 7.84. The van der Waals surface area contributed by atoms with E-state index in [1.54, 1.807) is 0 Å². The predicted molar refractivity (Wildman–Crippen MR) is 182 cm³/mol. The summed E-state index contributed by atoms with van der Waals surface area (Å²) in [4.78, 5) is 42.5. The summed E-state index contributed by atoms with van der Waals surface area (Å²) in [5.74, 6) is -0.744. The number of hydrogen-bond donors (Lipinski definition) is 0. The van der Waals surface area contributed by atoms with Crippen LogP contribution in [0.5, 0.6) is 0 Å². The number of likely N-dealkylation sites (tertiary alicyclic amines) is 1. The Morgan fingerprint density at radius 2 is 1.42 bits per heavy atom. The van der Waals surface area contributed by atoms with Gasteiger partial charge in [-0.25, -0.2) is 8.42 Å². The van der Waals surface area contributed by atoms with Crippen LogP contribution >= 0.6 is 0 Å². The topological polar surface area (TPSA) is 110 Å². The zero-order valence-electron chi connectivity index (χ0n) is 29.6. The lowest BCUT2D eigenvalue weighted by Crippen LogP contribution is -2.45. The molecule has 0 bridgehead atoms. The van der Waals surface area contributed by atoms with Crippen molar-refractivity contribution in [3.8, 4) is 0 Å². The number of esters is 2. The summed E-state index contributed by atoms with van der Waals surface area (Å²) in [5.41, 5.74) is -0.615. The fourth-order valence-electron chi connectivity index (χ4n) is 5.92. The highest BCUT2D eigenvalue weighted by atomic mass is 32.2. The first-order valence-corrected chi connectivity index (χ1v) is 19.6. The molecule has 1 amide bonds. The van der Waals surface area contributed by atoms with E-state index in [4.69, 9.17) is 9.47 Å². The average molecular weight is 659 g/mol. The standard InChI is InChI=1S/C35H66N2O7S/c1-7-10-12-13-14-21-31(43-32(38)19-9-3)24-23-30(20-11-8-2)37(28-17-22-33(39)44-35(4,5)6)34(40)45(41,42)29-18-27-36-25-15-16-26-36/h30-31H,7-29H2,1-6H3. The third kappa shape index (κ3) is 18.9. The lowest BCUT2D eigenvalue weighted by atomic mass is 9.98. The second-order valence-electron chi connectivity index (χ2n) is 13.8. The largest absolute Gasteiger partial charge is 0.462 e. The van der Waals surface area contributed by atoms with Crippen LogP contribution in [0.2, 0.25) is 0 Å². The molecule has 1 aliphatic heterocycles. The zero-order valence-corrected chi connectivity index (χ0v) is 30.4. The Labute approximate surface area is 275 Å². The summed E-state index contributed by atoms with van der Waals surface area (Å²) < 4.78 is 38.2. The first-order valence-electron chi connectivity index (χ1n) is 18.0. The molecule has 1 saturated heterocycles. The molecule has 1 aliphatic rings. The highest BCUT2D eigenvalue weighted by molar-refractivity contribution is 8.05.